The molecule has 0 aromatic heterocycles. The molecule has 1 saturated heterocycles. The first-order valence-corrected chi connectivity index (χ1v) is 11.2. The molecule has 1 aromatic carbocycles. The lowest BCUT2D eigenvalue weighted by atomic mass is 9.79. The molecule has 1 aliphatic carbocycles. The van der Waals surface area contributed by atoms with E-state index in [2.05, 4.69) is 17.9 Å². The molecule has 1 aliphatic heterocycles. The maximum Gasteiger partial charge on any atom is 0.228 e. The van der Waals surface area contributed by atoms with Gasteiger partial charge in [0.1, 0.15) is 0 Å². The third kappa shape index (κ3) is 4.55. The standard InChI is InChI=1S/C23H35ClN2O2/c1-17(22(27)25(3)19-9-5-4-6-10-19)23(28)13-15-26(16-14-23)18(2)20-11-7-8-12-21(20)24/h7-8,11-12,17-19,28H,4-6,9-10,13-16H2,1-3H3. The Morgan fingerprint density at radius 1 is 1.18 bits per heavy atom. The van der Waals surface area contributed by atoms with Gasteiger partial charge in [-0.25, -0.2) is 0 Å². The van der Waals surface area contributed by atoms with Crippen molar-refractivity contribution in [2.24, 2.45) is 5.92 Å². The maximum atomic E-state index is 13.1. The van der Waals surface area contributed by atoms with Gasteiger partial charge < -0.3 is 10.0 Å². The van der Waals surface area contributed by atoms with Crippen LogP contribution in [-0.4, -0.2) is 52.6 Å². The van der Waals surface area contributed by atoms with E-state index >= 15 is 0 Å². The van der Waals surface area contributed by atoms with Crippen LogP contribution in [0.25, 0.3) is 0 Å². The first-order chi connectivity index (χ1) is 13.3. The number of amides is 1. The van der Waals surface area contributed by atoms with Crippen LogP contribution in [0.15, 0.2) is 24.3 Å². The first kappa shape index (κ1) is 21.6. The fourth-order valence-corrected chi connectivity index (χ4v) is 5.22. The summed E-state index contributed by atoms with van der Waals surface area (Å²) in [6.07, 6.45) is 7.11. The van der Waals surface area contributed by atoms with Gasteiger partial charge in [0.05, 0.1) is 11.5 Å². The number of hydrogen-bond donors (Lipinski definition) is 1. The summed E-state index contributed by atoms with van der Waals surface area (Å²) in [6, 6.07) is 8.50. The summed E-state index contributed by atoms with van der Waals surface area (Å²) in [6.45, 7) is 5.62. The third-order valence-corrected chi connectivity index (χ3v) is 7.56. The van der Waals surface area contributed by atoms with Crippen LogP contribution in [0.4, 0.5) is 0 Å². The molecule has 1 saturated carbocycles. The van der Waals surface area contributed by atoms with Crippen LogP contribution >= 0.6 is 11.6 Å². The fraction of sp³-hybridized carbons (Fsp3) is 0.696. The maximum absolute atomic E-state index is 13.1. The molecule has 0 radical (unpaired) electrons. The highest BCUT2D eigenvalue weighted by molar-refractivity contribution is 6.31. The molecule has 1 aromatic rings. The molecule has 1 amide bonds. The van der Waals surface area contributed by atoms with E-state index in [1.807, 2.05) is 37.1 Å². The van der Waals surface area contributed by atoms with E-state index < -0.39 is 5.60 Å². The number of nitrogens with zero attached hydrogens (tertiary/aromatic N) is 2. The van der Waals surface area contributed by atoms with Crippen LogP contribution in [0.2, 0.25) is 5.02 Å². The van der Waals surface area contributed by atoms with Crippen LogP contribution in [-0.2, 0) is 4.79 Å². The van der Waals surface area contributed by atoms with Gasteiger partial charge >= 0.3 is 0 Å². The summed E-state index contributed by atoms with van der Waals surface area (Å²) >= 11 is 6.37. The van der Waals surface area contributed by atoms with Crippen molar-refractivity contribution in [1.29, 1.82) is 0 Å². The smallest absolute Gasteiger partial charge is 0.228 e. The molecule has 1 N–H and O–H groups in total. The molecular formula is C23H35ClN2O2. The van der Waals surface area contributed by atoms with Crippen molar-refractivity contribution in [1.82, 2.24) is 9.80 Å². The predicted octanol–water partition coefficient (Wildman–Crippen LogP) is 4.66. The van der Waals surface area contributed by atoms with Crippen LogP contribution in [0.5, 0.6) is 0 Å². The largest absolute Gasteiger partial charge is 0.389 e. The zero-order chi connectivity index (χ0) is 20.3. The number of piperidine rings is 1. The molecule has 5 heteroatoms. The fourth-order valence-electron chi connectivity index (χ4n) is 4.93. The van der Waals surface area contributed by atoms with Gasteiger partial charge in [-0.2, -0.15) is 0 Å². The molecule has 4 nitrogen and oxygen atoms in total. The highest BCUT2D eigenvalue weighted by Gasteiger charge is 2.43. The van der Waals surface area contributed by atoms with Gasteiger partial charge in [-0.05, 0) is 44.2 Å². The number of carbonyl (C=O) groups is 1. The molecule has 2 aliphatic rings. The molecule has 2 fully saturated rings. The highest BCUT2D eigenvalue weighted by Crippen LogP contribution is 2.36. The average molecular weight is 407 g/mol. The minimum atomic E-state index is -0.920. The van der Waals surface area contributed by atoms with E-state index in [-0.39, 0.29) is 17.9 Å². The Morgan fingerprint density at radius 3 is 2.39 bits per heavy atom. The second kappa shape index (κ2) is 9.15. The predicted molar refractivity (Wildman–Crippen MR) is 114 cm³/mol. The van der Waals surface area contributed by atoms with Gasteiger partial charge in [0.25, 0.3) is 0 Å². The summed E-state index contributed by atoms with van der Waals surface area (Å²) in [5.41, 5.74) is 0.201. The van der Waals surface area contributed by atoms with Crippen molar-refractivity contribution in [2.45, 2.75) is 76.5 Å². The molecule has 1 heterocycles. The van der Waals surface area contributed by atoms with Crippen molar-refractivity contribution in [3.63, 3.8) is 0 Å². The normalized spacial score (nSPS) is 23.2. The summed E-state index contributed by atoms with van der Waals surface area (Å²) < 4.78 is 0. The van der Waals surface area contributed by atoms with Crippen molar-refractivity contribution in [3.05, 3.63) is 34.9 Å². The molecule has 0 spiro atoms. The lowest BCUT2D eigenvalue weighted by molar-refractivity contribution is -0.150. The van der Waals surface area contributed by atoms with Gasteiger partial charge in [0.15, 0.2) is 0 Å². The monoisotopic (exact) mass is 406 g/mol. The van der Waals surface area contributed by atoms with Gasteiger partial charge in [0, 0.05) is 37.2 Å². The second-order valence-electron chi connectivity index (χ2n) is 8.80. The number of hydrogen-bond acceptors (Lipinski definition) is 3. The van der Waals surface area contributed by atoms with Crippen LogP contribution in [0.3, 0.4) is 0 Å². The van der Waals surface area contributed by atoms with E-state index in [4.69, 9.17) is 11.6 Å². The minimum absolute atomic E-state index is 0.0991. The van der Waals surface area contributed by atoms with E-state index in [0.29, 0.717) is 18.9 Å². The second-order valence-corrected chi connectivity index (χ2v) is 9.21. The molecule has 0 bridgehead atoms. The Bertz CT molecular complexity index is 666. The Morgan fingerprint density at radius 2 is 1.79 bits per heavy atom. The molecular weight excluding hydrogens is 372 g/mol. The van der Waals surface area contributed by atoms with Crippen LogP contribution in [0, 0.1) is 5.92 Å². The summed E-state index contributed by atoms with van der Waals surface area (Å²) in [5.74, 6) is -0.265. The topological polar surface area (TPSA) is 43.8 Å². The lowest BCUT2D eigenvalue weighted by Crippen LogP contribution is -2.54. The quantitative estimate of drug-likeness (QED) is 0.773. The van der Waals surface area contributed by atoms with Crippen molar-refractivity contribution < 1.29 is 9.90 Å². The van der Waals surface area contributed by atoms with E-state index in [0.717, 1.165) is 36.5 Å². The SMILES string of the molecule is CC(c1ccccc1Cl)N1CCC(O)(C(C)C(=O)N(C)C2CCCCC2)CC1. The zero-order valence-corrected chi connectivity index (χ0v) is 18.3. The summed E-state index contributed by atoms with van der Waals surface area (Å²) in [7, 11) is 1.92. The highest BCUT2D eigenvalue weighted by atomic mass is 35.5. The molecule has 3 rings (SSSR count). The zero-order valence-electron chi connectivity index (χ0n) is 17.5. The van der Waals surface area contributed by atoms with Gasteiger partial charge in [-0.1, -0.05) is 56.0 Å². The molecule has 2 atom stereocenters. The third-order valence-electron chi connectivity index (χ3n) is 7.21. The number of aliphatic hydroxyl groups is 1. The van der Waals surface area contributed by atoms with Gasteiger partial charge in [0.2, 0.25) is 5.91 Å². The van der Waals surface area contributed by atoms with Gasteiger partial charge in [-0.3, -0.25) is 9.69 Å². The van der Waals surface area contributed by atoms with Crippen LogP contribution in [0.1, 0.15) is 70.4 Å². The van der Waals surface area contributed by atoms with Crippen molar-refractivity contribution >= 4 is 17.5 Å². The number of rotatable bonds is 5. The first-order valence-electron chi connectivity index (χ1n) is 10.8. The number of likely N-dealkylation sites (tertiary alicyclic amines) is 1. The van der Waals surface area contributed by atoms with E-state index in [1.54, 1.807) is 0 Å². The summed E-state index contributed by atoms with van der Waals surface area (Å²) in [5, 5.41) is 12.1. The van der Waals surface area contributed by atoms with Crippen molar-refractivity contribution in [2.75, 3.05) is 20.1 Å². The van der Waals surface area contributed by atoms with E-state index in [9.17, 15) is 9.90 Å². The molecule has 28 heavy (non-hydrogen) atoms. The van der Waals surface area contributed by atoms with Crippen molar-refractivity contribution in [3.8, 4) is 0 Å². The number of benzene rings is 1. The Labute approximate surface area is 174 Å². The molecule has 2 unspecified atom stereocenters. The number of halogens is 1. The average Bonchev–Trinajstić information content (AvgIpc) is 2.73. The lowest BCUT2D eigenvalue weighted by Gasteiger charge is -2.45. The van der Waals surface area contributed by atoms with Gasteiger partial charge in [-0.15, -0.1) is 0 Å². The summed E-state index contributed by atoms with van der Waals surface area (Å²) in [4.78, 5) is 17.3. The number of carbonyl (C=O) groups excluding carboxylic acids is 1. The van der Waals surface area contributed by atoms with E-state index in [1.165, 1.54) is 19.3 Å². The van der Waals surface area contributed by atoms with Crippen LogP contribution < -0.4 is 0 Å². The Balaban J connectivity index is 1.60. The molecule has 156 valence electrons. The minimum Gasteiger partial charge on any atom is -0.389 e. The Kier molecular flexibility index (Phi) is 7.06. The Hall–Kier alpha value is -1.10.